The van der Waals surface area contributed by atoms with E-state index in [2.05, 4.69) is 0 Å². The van der Waals surface area contributed by atoms with Crippen LogP contribution in [0.1, 0.15) is 0 Å². The number of hydrogen-bond donors (Lipinski definition) is 3. The number of hydrogen-bond acceptors (Lipinski definition) is 0. The van der Waals surface area contributed by atoms with E-state index >= 15 is 0 Å². The molecule has 0 aromatic carbocycles. The van der Waals surface area contributed by atoms with Gasteiger partial charge in [-0.3, -0.25) is 0 Å². The molecule has 0 rings (SSSR count). The molecule has 0 aliphatic carbocycles. The van der Waals surface area contributed by atoms with Crippen LogP contribution < -0.4 is 18.5 Å². The molecule has 0 aromatic heterocycles. The third-order valence-corrected chi connectivity index (χ3v) is 0. The van der Waals surface area contributed by atoms with Crippen molar-refractivity contribution in [2.45, 2.75) is 0 Å². The Morgan fingerprint density at radius 3 is 0.375 bits per heavy atom. The van der Waals surface area contributed by atoms with Crippen LogP contribution in [0.15, 0.2) is 0 Å². The Kier molecular flexibility index (Phi) is 3550. The van der Waals surface area contributed by atoms with Crippen molar-refractivity contribution in [2.24, 2.45) is 0 Å². The Balaban J connectivity index is 0. The van der Waals surface area contributed by atoms with Gasteiger partial charge in [-0.2, -0.15) is 0 Å². The molecule has 0 aliphatic heterocycles. The normalized spacial score (nSPS) is 0. The Bertz CT molecular complexity index is 7.64. The summed E-state index contributed by atoms with van der Waals surface area (Å²) in [4.78, 5) is 0. The van der Waals surface area contributed by atoms with Gasteiger partial charge in [-0.15, -0.1) is 0 Å². The summed E-state index contributed by atoms with van der Waals surface area (Å²) < 4.78 is 0. The third-order valence-electron chi connectivity index (χ3n) is 0. The molecule has 0 radical (unpaired) electrons. The standard InChI is InChI=1S/3Ag.3H3N.2N/h;;;3*1H3;;/q3*+1;;;;2*-3/p+3. The van der Waals surface area contributed by atoms with Crippen LogP contribution in [0.25, 0.3) is 12.3 Å². The molecule has 0 fully saturated rings. The SMILES string of the molecule is [Ag+].[Ag+].[Ag+].[N-3].[N-3].[NH4+].[NH4+].[NH4+]. The number of nitrogens with zero attached hydrogens (tertiary/aromatic N) is 2. The maximum atomic E-state index is 0. The van der Waals surface area contributed by atoms with Crippen molar-refractivity contribution >= 4 is 0 Å². The van der Waals surface area contributed by atoms with E-state index in [1.165, 1.54) is 0 Å². The molecule has 0 spiro atoms. The quantitative estimate of drug-likeness (QED) is 0.498. The molecule has 0 bridgehead atoms. The van der Waals surface area contributed by atoms with E-state index in [-0.39, 0.29) is 97.9 Å². The van der Waals surface area contributed by atoms with Gasteiger partial charge in [0.1, 0.15) is 0 Å². The van der Waals surface area contributed by atoms with Gasteiger partial charge in [-0.25, -0.2) is 0 Å². The number of quaternary nitrogens is 3. The molecular weight excluding hydrogens is 394 g/mol. The molecule has 0 aliphatic rings. The van der Waals surface area contributed by atoms with Crippen molar-refractivity contribution in [2.75, 3.05) is 0 Å². The molecule has 12 N–H and O–H groups in total. The molecule has 70 valence electrons. The van der Waals surface area contributed by atoms with E-state index in [0.717, 1.165) is 0 Å². The average molecular weight is 406 g/mol. The van der Waals surface area contributed by atoms with Crippen molar-refractivity contribution < 1.29 is 67.1 Å². The zero-order chi connectivity index (χ0) is 0. The average Bonchev–Trinajstić information content (AvgIpc) is 0. The molecule has 0 atom stereocenters. The Morgan fingerprint density at radius 1 is 0.375 bits per heavy atom. The summed E-state index contributed by atoms with van der Waals surface area (Å²) in [7, 11) is 0. The minimum atomic E-state index is 0. The monoisotopic (exact) mass is 403 g/mol. The summed E-state index contributed by atoms with van der Waals surface area (Å²) in [6, 6.07) is 0. The van der Waals surface area contributed by atoms with Gasteiger partial charge in [0, 0.05) is 0 Å². The molecule has 8 heteroatoms. The molecule has 0 unspecified atom stereocenters. The third kappa shape index (κ3) is 96.8. The Labute approximate surface area is 96.9 Å². The molecule has 0 saturated heterocycles. The maximum Gasteiger partial charge on any atom is 1.00 e. The summed E-state index contributed by atoms with van der Waals surface area (Å²) >= 11 is 0. The van der Waals surface area contributed by atoms with Gasteiger partial charge in [-0.05, 0) is 0 Å². The van der Waals surface area contributed by atoms with E-state index in [1.54, 1.807) is 0 Å². The van der Waals surface area contributed by atoms with Crippen LogP contribution in [0, 0.1) is 0 Å². The van der Waals surface area contributed by atoms with Crippen molar-refractivity contribution in [1.82, 2.24) is 18.5 Å². The van der Waals surface area contributed by atoms with Gasteiger partial charge in [0.25, 0.3) is 0 Å². The van der Waals surface area contributed by atoms with Crippen molar-refractivity contribution in [1.29, 1.82) is 0 Å². The fraction of sp³-hybridized carbons (Fsp3) is 0. The largest absolute Gasteiger partial charge is 3.00 e. The smallest absolute Gasteiger partial charge is 1.00 e. The first kappa shape index (κ1) is 200. The van der Waals surface area contributed by atoms with E-state index < -0.39 is 0 Å². The molecular formula is H12Ag3N5. The first-order chi connectivity index (χ1) is 0. The van der Waals surface area contributed by atoms with Crippen LogP contribution >= 0.6 is 0 Å². The Hall–Kier alpha value is 2.02. The van der Waals surface area contributed by atoms with Gasteiger partial charge in [-0.1, -0.05) is 0 Å². The predicted octanol–water partition coefficient (Wildman–Crippen LogP) is 1.70. The maximum absolute atomic E-state index is 0. The summed E-state index contributed by atoms with van der Waals surface area (Å²) in [5.74, 6) is 0. The van der Waals surface area contributed by atoms with Gasteiger partial charge in [0.05, 0.1) is 0 Å². The van der Waals surface area contributed by atoms with E-state index in [9.17, 15) is 0 Å². The van der Waals surface area contributed by atoms with Crippen molar-refractivity contribution in [3.63, 3.8) is 0 Å². The summed E-state index contributed by atoms with van der Waals surface area (Å²) in [5, 5.41) is 0. The fourth-order valence-corrected chi connectivity index (χ4v) is 0. The van der Waals surface area contributed by atoms with Crippen molar-refractivity contribution in [3.05, 3.63) is 12.3 Å². The second-order valence-corrected chi connectivity index (χ2v) is 0. The van der Waals surface area contributed by atoms with Crippen LogP contribution in [0.3, 0.4) is 0 Å². The fourth-order valence-electron chi connectivity index (χ4n) is 0. The minimum Gasteiger partial charge on any atom is -3.00 e. The van der Waals surface area contributed by atoms with Crippen molar-refractivity contribution in [3.8, 4) is 0 Å². The van der Waals surface area contributed by atoms with E-state index in [0.29, 0.717) is 0 Å². The molecule has 8 heavy (non-hydrogen) atoms. The van der Waals surface area contributed by atoms with Gasteiger partial charge in [0.15, 0.2) is 0 Å². The summed E-state index contributed by atoms with van der Waals surface area (Å²) in [6.07, 6.45) is 0. The zero-order valence-electron chi connectivity index (χ0n) is 4.80. The first-order valence-corrected chi connectivity index (χ1v) is 0. The summed E-state index contributed by atoms with van der Waals surface area (Å²) in [6.45, 7) is 0. The van der Waals surface area contributed by atoms with Crippen LogP contribution in [0.2, 0.25) is 0 Å². The minimum absolute atomic E-state index is 0. The van der Waals surface area contributed by atoms with E-state index in [4.69, 9.17) is 0 Å². The second-order valence-electron chi connectivity index (χ2n) is 0. The van der Waals surface area contributed by atoms with Crippen LogP contribution in [-0.4, -0.2) is 0 Å². The van der Waals surface area contributed by atoms with Crippen LogP contribution in [0.5, 0.6) is 0 Å². The van der Waals surface area contributed by atoms with Crippen LogP contribution in [0.4, 0.5) is 0 Å². The van der Waals surface area contributed by atoms with Gasteiger partial charge in [0.2, 0.25) is 0 Å². The second kappa shape index (κ2) is 142. The molecule has 0 heterocycles. The number of rotatable bonds is 0. The van der Waals surface area contributed by atoms with Crippen LogP contribution in [-0.2, 0) is 67.1 Å². The van der Waals surface area contributed by atoms with Gasteiger partial charge >= 0.3 is 67.1 Å². The Morgan fingerprint density at radius 2 is 0.375 bits per heavy atom. The molecule has 5 nitrogen and oxygen atoms in total. The first-order valence-electron chi connectivity index (χ1n) is 0. The molecule has 0 amide bonds. The molecule has 0 aromatic rings. The predicted molar refractivity (Wildman–Crippen MR) is 24.7 cm³/mol. The topological polar surface area (TPSA) is 170 Å². The molecule has 0 saturated carbocycles. The van der Waals surface area contributed by atoms with E-state index in [1.807, 2.05) is 0 Å². The van der Waals surface area contributed by atoms with Gasteiger partial charge < -0.3 is 30.8 Å². The zero-order valence-corrected chi connectivity index (χ0v) is 9.25. The summed E-state index contributed by atoms with van der Waals surface area (Å²) in [5.41, 5.74) is 0.